The predicted octanol–water partition coefficient (Wildman–Crippen LogP) is 1.50. The first kappa shape index (κ1) is 12.0. The Labute approximate surface area is 93.6 Å². The van der Waals surface area contributed by atoms with Crippen molar-refractivity contribution in [3.63, 3.8) is 0 Å². The quantitative estimate of drug-likeness (QED) is 0.754. The molecule has 0 unspecified atom stereocenters. The van der Waals surface area contributed by atoms with Crippen molar-refractivity contribution in [3.8, 4) is 0 Å². The molecule has 0 aliphatic heterocycles. The minimum Gasteiger partial charge on any atom is -0.478 e. The van der Waals surface area contributed by atoms with E-state index in [9.17, 15) is 9.59 Å². The lowest BCUT2D eigenvalue weighted by molar-refractivity contribution is -0.131. The molecule has 1 atom stereocenters. The van der Waals surface area contributed by atoms with E-state index in [2.05, 4.69) is 5.32 Å². The molecule has 1 aromatic carbocycles. The van der Waals surface area contributed by atoms with Crippen molar-refractivity contribution < 1.29 is 14.7 Å². The Morgan fingerprint density at radius 2 is 1.88 bits per heavy atom. The molecular weight excluding hydrogens is 206 g/mol. The van der Waals surface area contributed by atoms with Gasteiger partial charge in [-0.25, -0.2) is 4.79 Å². The molecule has 0 aromatic heterocycles. The highest BCUT2D eigenvalue weighted by Gasteiger charge is 2.06. The summed E-state index contributed by atoms with van der Waals surface area (Å²) in [6.07, 6.45) is 1.81. The third-order valence-electron chi connectivity index (χ3n) is 2.04. The summed E-state index contributed by atoms with van der Waals surface area (Å²) >= 11 is 0. The Hall–Kier alpha value is -2.10. The van der Waals surface area contributed by atoms with E-state index in [4.69, 9.17) is 5.11 Å². The van der Waals surface area contributed by atoms with Gasteiger partial charge in [0.2, 0.25) is 5.91 Å². The van der Waals surface area contributed by atoms with Gasteiger partial charge in [-0.05, 0) is 12.5 Å². The predicted molar refractivity (Wildman–Crippen MR) is 59.8 cm³/mol. The first-order chi connectivity index (χ1) is 7.59. The SMILES string of the molecule is C[C@H](NC(=O)C=CC(=O)O)c1ccccc1. The summed E-state index contributed by atoms with van der Waals surface area (Å²) in [4.78, 5) is 21.5. The van der Waals surface area contributed by atoms with Crippen molar-refractivity contribution >= 4 is 11.9 Å². The third-order valence-corrected chi connectivity index (χ3v) is 2.04. The minimum absolute atomic E-state index is 0.146. The van der Waals surface area contributed by atoms with E-state index in [1.54, 1.807) is 0 Å². The molecule has 0 bridgehead atoms. The number of rotatable bonds is 4. The van der Waals surface area contributed by atoms with E-state index in [0.717, 1.165) is 17.7 Å². The van der Waals surface area contributed by atoms with Gasteiger partial charge >= 0.3 is 5.97 Å². The van der Waals surface area contributed by atoms with Crippen molar-refractivity contribution in [2.75, 3.05) is 0 Å². The molecule has 1 aromatic rings. The first-order valence-corrected chi connectivity index (χ1v) is 4.86. The van der Waals surface area contributed by atoms with Gasteiger partial charge in [0.25, 0.3) is 0 Å². The molecule has 0 spiro atoms. The lowest BCUT2D eigenvalue weighted by Crippen LogP contribution is -2.24. The van der Waals surface area contributed by atoms with Gasteiger partial charge in [0.1, 0.15) is 0 Å². The van der Waals surface area contributed by atoms with Crippen LogP contribution in [0.5, 0.6) is 0 Å². The van der Waals surface area contributed by atoms with Crippen LogP contribution in [0.2, 0.25) is 0 Å². The Bertz CT molecular complexity index is 398. The topological polar surface area (TPSA) is 66.4 Å². The number of carboxylic acids is 1. The highest BCUT2D eigenvalue weighted by atomic mass is 16.4. The maximum absolute atomic E-state index is 11.3. The first-order valence-electron chi connectivity index (χ1n) is 4.86. The Morgan fingerprint density at radius 1 is 1.25 bits per heavy atom. The number of aliphatic carboxylic acids is 1. The molecule has 1 rings (SSSR count). The van der Waals surface area contributed by atoms with E-state index in [0.29, 0.717) is 0 Å². The van der Waals surface area contributed by atoms with Crippen LogP contribution < -0.4 is 5.32 Å². The minimum atomic E-state index is -1.14. The number of amides is 1. The van der Waals surface area contributed by atoms with Crippen molar-refractivity contribution in [1.82, 2.24) is 5.32 Å². The van der Waals surface area contributed by atoms with Crippen LogP contribution in [0.3, 0.4) is 0 Å². The summed E-state index contributed by atoms with van der Waals surface area (Å²) < 4.78 is 0. The van der Waals surface area contributed by atoms with Gasteiger partial charge in [-0.2, -0.15) is 0 Å². The average molecular weight is 219 g/mol. The molecule has 0 aliphatic rings. The molecule has 0 radical (unpaired) electrons. The summed E-state index contributed by atoms with van der Waals surface area (Å²) in [5, 5.41) is 11.0. The van der Waals surface area contributed by atoms with Crippen molar-refractivity contribution in [2.24, 2.45) is 0 Å². The summed E-state index contributed by atoms with van der Waals surface area (Å²) in [5.74, 6) is -1.55. The lowest BCUT2D eigenvalue weighted by Gasteiger charge is -2.12. The van der Waals surface area contributed by atoms with E-state index in [1.807, 2.05) is 37.3 Å². The van der Waals surface area contributed by atoms with E-state index >= 15 is 0 Å². The highest BCUT2D eigenvalue weighted by Crippen LogP contribution is 2.10. The smallest absolute Gasteiger partial charge is 0.328 e. The molecular formula is C12H13NO3. The zero-order chi connectivity index (χ0) is 12.0. The summed E-state index contributed by atoms with van der Waals surface area (Å²) in [7, 11) is 0. The normalized spacial score (nSPS) is 12.3. The second-order valence-electron chi connectivity index (χ2n) is 3.31. The zero-order valence-corrected chi connectivity index (χ0v) is 8.88. The van der Waals surface area contributed by atoms with Crippen LogP contribution in [0.15, 0.2) is 42.5 Å². The fraction of sp³-hybridized carbons (Fsp3) is 0.167. The maximum atomic E-state index is 11.3. The van der Waals surface area contributed by atoms with E-state index in [-0.39, 0.29) is 6.04 Å². The van der Waals surface area contributed by atoms with Gasteiger partial charge in [0, 0.05) is 12.2 Å². The maximum Gasteiger partial charge on any atom is 0.328 e. The molecule has 0 saturated heterocycles. The van der Waals surface area contributed by atoms with Gasteiger partial charge < -0.3 is 10.4 Å². The highest BCUT2D eigenvalue weighted by molar-refractivity contribution is 5.94. The van der Waals surface area contributed by atoms with Crippen LogP contribution in [0.4, 0.5) is 0 Å². The van der Waals surface area contributed by atoms with Crippen LogP contribution in [-0.4, -0.2) is 17.0 Å². The molecule has 84 valence electrons. The molecule has 0 heterocycles. The van der Waals surface area contributed by atoms with Gasteiger partial charge in [-0.1, -0.05) is 30.3 Å². The summed E-state index contributed by atoms with van der Waals surface area (Å²) in [6.45, 7) is 1.84. The number of hydrogen-bond donors (Lipinski definition) is 2. The van der Waals surface area contributed by atoms with Crippen molar-refractivity contribution in [2.45, 2.75) is 13.0 Å². The molecule has 0 aliphatic carbocycles. The van der Waals surface area contributed by atoms with Crippen LogP contribution in [0, 0.1) is 0 Å². The zero-order valence-electron chi connectivity index (χ0n) is 8.88. The fourth-order valence-electron chi connectivity index (χ4n) is 1.23. The number of carbonyl (C=O) groups excluding carboxylic acids is 1. The number of carbonyl (C=O) groups is 2. The Kier molecular flexibility index (Phi) is 4.27. The summed E-state index contributed by atoms with van der Waals surface area (Å²) in [6, 6.07) is 9.29. The lowest BCUT2D eigenvalue weighted by atomic mass is 10.1. The van der Waals surface area contributed by atoms with Crippen LogP contribution in [0.25, 0.3) is 0 Å². The molecule has 0 fully saturated rings. The number of benzene rings is 1. The van der Waals surface area contributed by atoms with Gasteiger partial charge in [0.05, 0.1) is 6.04 Å². The summed E-state index contributed by atoms with van der Waals surface area (Å²) in [5.41, 5.74) is 0.972. The van der Waals surface area contributed by atoms with Crippen LogP contribution >= 0.6 is 0 Å². The van der Waals surface area contributed by atoms with Crippen molar-refractivity contribution in [3.05, 3.63) is 48.0 Å². The largest absolute Gasteiger partial charge is 0.478 e. The number of hydrogen-bond acceptors (Lipinski definition) is 2. The molecule has 1 amide bonds. The van der Waals surface area contributed by atoms with Crippen molar-refractivity contribution in [1.29, 1.82) is 0 Å². The van der Waals surface area contributed by atoms with Gasteiger partial charge in [0.15, 0.2) is 0 Å². The fourth-order valence-corrected chi connectivity index (χ4v) is 1.23. The van der Waals surface area contributed by atoms with Crippen LogP contribution in [-0.2, 0) is 9.59 Å². The molecule has 2 N–H and O–H groups in total. The monoisotopic (exact) mass is 219 g/mol. The third kappa shape index (κ3) is 3.96. The average Bonchev–Trinajstić information content (AvgIpc) is 2.27. The Morgan fingerprint density at radius 3 is 2.44 bits per heavy atom. The standard InChI is InChI=1S/C12H13NO3/c1-9(10-5-3-2-4-6-10)13-11(14)7-8-12(15)16/h2-9H,1H3,(H,13,14)(H,15,16)/t9-/m0/s1. The van der Waals surface area contributed by atoms with Gasteiger partial charge in [-0.3, -0.25) is 4.79 Å². The molecule has 0 saturated carbocycles. The van der Waals surface area contributed by atoms with Crippen LogP contribution in [0.1, 0.15) is 18.5 Å². The second kappa shape index (κ2) is 5.70. The second-order valence-corrected chi connectivity index (χ2v) is 3.31. The van der Waals surface area contributed by atoms with Gasteiger partial charge in [-0.15, -0.1) is 0 Å². The van der Waals surface area contributed by atoms with E-state index < -0.39 is 11.9 Å². The number of nitrogens with one attached hydrogen (secondary N) is 1. The molecule has 4 heteroatoms. The van der Waals surface area contributed by atoms with E-state index in [1.165, 1.54) is 0 Å². The molecule has 16 heavy (non-hydrogen) atoms. The number of carboxylic acid groups (broad SMARTS) is 1. The Balaban J connectivity index is 2.55. The molecule has 4 nitrogen and oxygen atoms in total.